The molecule has 0 bridgehead atoms. The third-order valence-corrected chi connectivity index (χ3v) is 4.61. The molecule has 0 aliphatic carbocycles. The highest BCUT2D eigenvalue weighted by atomic mass is 19.4. The van der Waals surface area contributed by atoms with Gasteiger partial charge in [-0.2, -0.15) is 17.7 Å². The molecule has 0 aliphatic heterocycles. The van der Waals surface area contributed by atoms with Gasteiger partial charge in [-0.15, -0.1) is 0 Å². The van der Waals surface area contributed by atoms with E-state index in [1.165, 1.54) is 31.2 Å². The van der Waals surface area contributed by atoms with Gasteiger partial charge in [0.15, 0.2) is 5.65 Å². The molecule has 4 rings (SSSR count). The van der Waals surface area contributed by atoms with Crippen LogP contribution in [0.1, 0.15) is 21.7 Å². The number of carbonyl (C=O) groups excluding carboxylic acids is 1. The first-order chi connectivity index (χ1) is 14.7. The Morgan fingerprint density at radius 1 is 1.23 bits per heavy atom. The summed E-state index contributed by atoms with van der Waals surface area (Å²) in [6.07, 6.45) is -4.79. The smallest absolute Gasteiger partial charge is 0.390 e. The van der Waals surface area contributed by atoms with E-state index in [4.69, 9.17) is 5.73 Å². The highest BCUT2D eigenvalue weighted by molar-refractivity contribution is 6.06. The zero-order valence-electron chi connectivity index (χ0n) is 16.0. The number of aryl methyl sites for hydroxylation is 1. The Hall–Kier alpha value is -4.26. The number of hydrogen-bond donors (Lipinski definition) is 3. The van der Waals surface area contributed by atoms with Crippen molar-refractivity contribution in [2.24, 2.45) is 0 Å². The van der Waals surface area contributed by atoms with Crippen LogP contribution in [-0.4, -0.2) is 20.5 Å². The van der Waals surface area contributed by atoms with Crippen LogP contribution in [0, 0.1) is 19.1 Å². The molecular weight excluding hydrogens is 411 g/mol. The van der Waals surface area contributed by atoms with Gasteiger partial charge < -0.3 is 11.1 Å². The Labute approximate surface area is 173 Å². The zero-order chi connectivity index (χ0) is 22.3. The summed E-state index contributed by atoms with van der Waals surface area (Å²) in [5.41, 5.74) is 3.13. The van der Waals surface area contributed by atoms with Gasteiger partial charge >= 0.3 is 6.18 Å². The van der Waals surface area contributed by atoms with Gasteiger partial charge in [-0.05, 0) is 30.7 Å². The van der Waals surface area contributed by atoms with Crippen LogP contribution in [0.2, 0.25) is 0 Å². The summed E-state index contributed by atoms with van der Waals surface area (Å²) < 4.78 is 41.8. The number of carbonyl (C=O) groups is 1. The molecule has 0 atom stereocenters. The minimum atomic E-state index is -4.79. The third-order valence-electron chi connectivity index (χ3n) is 4.61. The molecule has 2 aromatic heterocycles. The first kappa shape index (κ1) is 20.0. The SMILES string of the molecule is Cc1nc2c(-c3ccccc3)c(C(F)(F)F)[nH]n2c(=O)c1C(=O)Nc1ccc#cc1N. The van der Waals surface area contributed by atoms with Crippen LogP contribution in [-0.2, 0) is 6.18 Å². The topological polar surface area (TPSA) is 105 Å². The molecule has 0 saturated heterocycles. The van der Waals surface area contributed by atoms with Gasteiger partial charge in [-0.1, -0.05) is 36.4 Å². The number of benzene rings is 1. The average molecular weight is 425 g/mol. The van der Waals surface area contributed by atoms with E-state index in [1.54, 1.807) is 18.2 Å². The Morgan fingerprint density at radius 2 is 1.94 bits per heavy atom. The number of nitrogens with two attached hydrogens (primary N) is 1. The van der Waals surface area contributed by atoms with Gasteiger partial charge in [-0.3, -0.25) is 14.7 Å². The standard InChI is InChI=1S/C21H14F3N5O2/c1-11-15(19(30)27-14-10-6-5-9-13(14)25)20(31)29-18(26-11)16(12-7-3-2-4-8-12)17(28-29)21(22,23)24/h2-4,6-8,10,28H,25H2,1H3,(H,27,30). The van der Waals surface area contributed by atoms with E-state index in [1.807, 2.05) is 0 Å². The molecule has 0 fully saturated rings. The largest absolute Gasteiger partial charge is 0.433 e. The molecule has 156 valence electrons. The summed E-state index contributed by atoms with van der Waals surface area (Å²) in [5, 5.41) is 4.52. The monoisotopic (exact) mass is 425 g/mol. The Morgan fingerprint density at radius 3 is 2.58 bits per heavy atom. The summed E-state index contributed by atoms with van der Waals surface area (Å²) in [4.78, 5) is 29.9. The number of aromatic amines is 1. The molecule has 31 heavy (non-hydrogen) atoms. The number of amides is 1. The van der Waals surface area contributed by atoms with Crippen molar-refractivity contribution in [3.8, 4) is 11.1 Å². The van der Waals surface area contributed by atoms with Crippen LogP contribution in [0.15, 0.2) is 47.3 Å². The lowest BCUT2D eigenvalue weighted by Gasteiger charge is -2.08. The van der Waals surface area contributed by atoms with Crippen molar-refractivity contribution in [2.45, 2.75) is 13.1 Å². The summed E-state index contributed by atoms with van der Waals surface area (Å²) in [6.45, 7) is 1.37. The predicted octanol–water partition coefficient (Wildman–Crippen LogP) is 3.45. The number of H-pyrrole nitrogens is 1. The van der Waals surface area contributed by atoms with Crippen LogP contribution in [0.5, 0.6) is 0 Å². The summed E-state index contributed by atoms with van der Waals surface area (Å²) in [6, 6.07) is 15.8. The number of alkyl halides is 3. The fourth-order valence-corrected chi connectivity index (χ4v) is 3.22. The minimum Gasteiger partial charge on any atom is -0.390 e. The second-order valence-corrected chi connectivity index (χ2v) is 6.65. The van der Waals surface area contributed by atoms with Gasteiger partial charge in [0.2, 0.25) is 0 Å². The number of rotatable bonds is 3. The fraction of sp³-hybridized carbons (Fsp3) is 0.0952. The third kappa shape index (κ3) is 3.46. The van der Waals surface area contributed by atoms with Gasteiger partial charge in [0.05, 0.1) is 16.9 Å². The van der Waals surface area contributed by atoms with E-state index < -0.39 is 28.9 Å². The fourth-order valence-electron chi connectivity index (χ4n) is 3.22. The van der Waals surface area contributed by atoms with Crippen molar-refractivity contribution in [3.63, 3.8) is 0 Å². The second kappa shape index (κ2) is 7.21. The lowest BCUT2D eigenvalue weighted by molar-refractivity contribution is -0.140. The van der Waals surface area contributed by atoms with Crippen molar-refractivity contribution in [2.75, 3.05) is 11.1 Å². The maximum atomic E-state index is 13.7. The molecule has 0 radical (unpaired) electrons. The van der Waals surface area contributed by atoms with Crippen LogP contribution < -0.4 is 16.6 Å². The van der Waals surface area contributed by atoms with Crippen LogP contribution >= 0.6 is 0 Å². The number of aromatic nitrogens is 3. The van der Waals surface area contributed by atoms with Gasteiger partial charge in [0, 0.05) is 0 Å². The molecule has 0 unspecified atom stereocenters. The number of halogens is 3. The number of anilines is 2. The van der Waals surface area contributed by atoms with E-state index in [2.05, 4.69) is 27.5 Å². The highest BCUT2D eigenvalue weighted by Gasteiger charge is 2.38. The molecule has 1 amide bonds. The summed E-state index contributed by atoms with van der Waals surface area (Å²) in [5.74, 6) is -0.861. The van der Waals surface area contributed by atoms with E-state index in [0.717, 1.165) is 0 Å². The van der Waals surface area contributed by atoms with Gasteiger partial charge in [0.25, 0.3) is 11.5 Å². The molecule has 0 saturated carbocycles. The number of nitrogen functional groups attached to an aromatic ring is 1. The first-order valence-electron chi connectivity index (χ1n) is 8.95. The van der Waals surface area contributed by atoms with E-state index in [-0.39, 0.29) is 33.8 Å². The van der Waals surface area contributed by atoms with Crippen LogP contribution in [0.3, 0.4) is 0 Å². The lowest BCUT2D eigenvalue weighted by atomic mass is 10.1. The van der Waals surface area contributed by atoms with E-state index >= 15 is 0 Å². The van der Waals surface area contributed by atoms with Crippen molar-refractivity contribution >= 4 is 22.9 Å². The van der Waals surface area contributed by atoms with Gasteiger partial charge in [-0.25, -0.2) is 4.98 Å². The number of nitrogens with one attached hydrogen (secondary N) is 2. The maximum Gasteiger partial charge on any atom is 0.433 e. The Bertz CT molecular complexity index is 1360. The molecule has 7 nitrogen and oxygen atoms in total. The van der Waals surface area contributed by atoms with Crippen molar-refractivity contribution in [1.29, 1.82) is 0 Å². The number of hydrogen-bond acceptors (Lipinski definition) is 4. The number of nitrogens with zero attached hydrogens (tertiary/aromatic N) is 2. The van der Waals surface area contributed by atoms with Crippen molar-refractivity contribution in [1.82, 2.24) is 14.6 Å². The van der Waals surface area contributed by atoms with Crippen LogP contribution in [0.25, 0.3) is 16.8 Å². The molecule has 4 aromatic rings. The van der Waals surface area contributed by atoms with Crippen molar-refractivity contribution in [3.05, 3.63) is 81.9 Å². The van der Waals surface area contributed by atoms with Gasteiger partial charge in [0.1, 0.15) is 16.9 Å². The Balaban J connectivity index is 1.93. The Kier molecular flexibility index (Phi) is 4.66. The normalized spacial score (nSPS) is 11.4. The highest BCUT2D eigenvalue weighted by Crippen LogP contribution is 2.38. The molecule has 0 aliphatic rings. The molecule has 2 aromatic carbocycles. The average Bonchev–Trinajstić information content (AvgIpc) is 3.10. The second-order valence-electron chi connectivity index (χ2n) is 6.65. The quantitative estimate of drug-likeness (QED) is 0.468. The molecule has 10 heteroatoms. The molecular formula is C21H14F3N5O2. The molecule has 4 N–H and O–H groups in total. The van der Waals surface area contributed by atoms with Crippen LogP contribution in [0.4, 0.5) is 24.5 Å². The predicted molar refractivity (Wildman–Crippen MR) is 107 cm³/mol. The summed E-state index contributed by atoms with van der Waals surface area (Å²) in [7, 11) is 0. The minimum absolute atomic E-state index is 0.0301. The molecule has 2 heterocycles. The summed E-state index contributed by atoms with van der Waals surface area (Å²) >= 11 is 0. The van der Waals surface area contributed by atoms with E-state index in [0.29, 0.717) is 4.52 Å². The van der Waals surface area contributed by atoms with Crippen molar-refractivity contribution < 1.29 is 18.0 Å². The lowest BCUT2D eigenvalue weighted by Crippen LogP contribution is -2.29. The number of fused-ring (bicyclic) bond motifs is 1. The zero-order valence-corrected chi connectivity index (χ0v) is 16.0. The maximum absolute atomic E-state index is 13.7. The first-order valence-corrected chi connectivity index (χ1v) is 8.95. The molecule has 0 spiro atoms. The van der Waals surface area contributed by atoms with E-state index in [9.17, 15) is 22.8 Å².